The van der Waals surface area contributed by atoms with Crippen molar-refractivity contribution in [3.05, 3.63) is 133 Å². The quantitative estimate of drug-likeness (QED) is 0.192. The van der Waals surface area contributed by atoms with Crippen LogP contribution in [0.15, 0.2) is 136 Å². The molecule has 10 rings (SSSR count). The van der Waals surface area contributed by atoms with Crippen LogP contribution in [0.4, 0.5) is 0 Å². The van der Waals surface area contributed by atoms with E-state index in [1.165, 1.54) is 10.8 Å². The lowest BCUT2D eigenvalue weighted by atomic mass is 9.98. The number of aromatic nitrogens is 2. The molecule has 4 nitrogen and oxygen atoms in total. The molecule has 0 fully saturated rings. The molecule has 0 amide bonds. The van der Waals surface area contributed by atoms with E-state index >= 15 is 0 Å². The molecule has 0 atom stereocenters. The molecule has 0 aliphatic rings. The van der Waals surface area contributed by atoms with Crippen molar-refractivity contribution >= 4 is 76.5 Å². The van der Waals surface area contributed by atoms with E-state index in [4.69, 9.17) is 18.8 Å². The molecule has 0 saturated carbocycles. The van der Waals surface area contributed by atoms with Gasteiger partial charge in [0.05, 0.1) is 28.3 Å². The number of nitrogens with zero attached hydrogens (tertiary/aromatic N) is 2. The number of hydrogen-bond acceptors (Lipinski definition) is 4. The highest BCUT2D eigenvalue weighted by atomic mass is 16.3. The number of para-hydroxylation sites is 2. The number of rotatable bonds is 2. The molecule has 0 aliphatic heterocycles. The molecule has 4 heteroatoms. The fourth-order valence-electron chi connectivity index (χ4n) is 7.13. The van der Waals surface area contributed by atoms with Gasteiger partial charge in [-0.25, -0.2) is 4.98 Å². The molecule has 0 radical (unpaired) electrons. The molecule has 0 unspecified atom stereocenters. The minimum atomic E-state index is 0.837. The summed E-state index contributed by atoms with van der Waals surface area (Å²) in [6, 6.07) is 42.2. The van der Waals surface area contributed by atoms with Crippen molar-refractivity contribution in [2.45, 2.75) is 6.92 Å². The second-order valence-electron chi connectivity index (χ2n) is 11.8. The average molecular weight is 577 g/mol. The second-order valence-corrected chi connectivity index (χ2v) is 11.8. The van der Waals surface area contributed by atoms with Gasteiger partial charge in [-0.3, -0.25) is 4.98 Å². The Bertz CT molecular complexity index is 2800. The topological polar surface area (TPSA) is 52.1 Å². The molecule has 0 aliphatic carbocycles. The second kappa shape index (κ2) is 9.01. The minimum absolute atomic E-state index is 0.837. The number of furan rings is 2. The fourth-order valence-corrected chi connectivity index (χ4v) is 7.13. The van der Waals surface area contributed by atoms with Gasteiger partial charge in [0.1, 0.15) is 22.3 Å². The number of hydrogen-bond donors (Lipinski definition) is 0. The number of benzene rings is 7. The molecule has 3 heterocycles. The summed E-state index contributed by atoms with van der Waals surface area (Å²) in [5.74, 6) is 0. The van der Waals surface area contributed by atoms with E-state index in [1.807, 2.05) is 24.4 Å². The molecule has 45 heavy (non-hydrogen) atoms. The Hall–Kier alpha value is -6.00. The van der Waals surface area contributed by atoms with Gasteiger partial charge in [-0.1, -0.05) is 103 Å². The molecule has 210 valence electrons. The van der Waals surface area contributed by atoms with Crippen molar-refractivity contribution in [1.29, 1.82) is 0 Å². The summed E-state index contributed by atoms with van der Waals surface area (Å²) in [6.45, 7) is 2.10. The van der Waals surface area contributed by atoms with Crippen molar-refractivity contribution in [3.63, 3.8) is 0 Å². The van der Waals surface area contributed by atoms with Crippen molar-refractivity contribution in [3.8, 4) is 22.4 Å². The van der Waals surface area contributed by atoms with Crippen LogP contribution in [-0.4, -0.2) is 9.97 Å². The first-order valence-corrected chi connectivity index (χ1v) is 15.2. The predicted molar refractivity (Wildman–Crippen MR) is 185 cm³/mol. The van der Waals surface area contributed by atoms with E-state index in [0.29, 0.717) is 0 Å². The number of fused-ring (bicyclic) bond motifs is 13. The molecule has 3 aromatic heterocycles. The van der Waals surface area contributed by atoms with Crippen LogP contribution in [0.2, 0.25) is 0 Å². The molecule has 0 saturated heterocycles. The molecule has 7 aromatic carbocycles. The summed E-state index contributed by atoms with van der Waals surface area (Å²) < 4.78 is 13.1. The highest BCUT2D eigenvalue weighted by Crippen LogP contribution is 2.43. The standard InChI is InChI=1S/C41H24N2O2/c1-23-20-33-31-18-9-17-26(40(31)45-41(33)36-32-16-6-7-19-35(32)44-39(23)36)24-10-8-11-25(21-24)34-22-42-37-29-14-4-2-12-27(29)28-13-3-5-15-30(28)38(37)43-34/h2-22H,1H3. The Labute approximate surface area is 257 Å². The van der Waals surface area contributed by atoms with Crippen LogP contribution in [0.25, 0.3) is 98.8 Å². The van der Waals surface area contributed by atoms with Gasteiger partial charge in [0.25, 0.3) is 0 Å². The SMILES string of the molecule is Cc1cc2c3cccc(-c4cccc(-c5cnc6c7ccccc7c7ccccc7c6n5)c4)c3oc2c2c1oc1ccccc12. The Balaban J connectivity index is 1.18. The largest absolute Gasteiger partial charge is 0.456 e. The van der Waals surface area contributed by atoms with Crippen LogP contribution in [0.1, 0.15) is 5.56 Å². The molecular weight excluding hydrogens is 552 g/mol. The zero-order valence-electron chi connectivity index (χ0n) is 24.3. The van der Waals surface area contributed by atoms with Gasteiger partial charge >= 0.3 is 0 Å². The first kappa shape index (κ1) is 24.4. The van der Waals surface area contributed by atoms with E-state index in [9.17, 15) is 0 Å². The van der Waals surface area contributed by atoms with Gasteiger partial charge in [-0.2, -0.15) is 0 Å². The molecular formula is C41H24N2O2. The van der Waals surface area contributed by atoms with Crippen LogP contribution in [0.3, 0.4) is 0 Å². The zero-order valence-corrected chi connectivity index (χ0v) is 24.3. The predicted octanol–water partition coefficient (Wildman–Crippen LogP) is 11.4. The van der Waals surface area contributed by atoms with Crippen molar-refractivity contribution in [2.75, 3.05) is 0 Å². The van der Waals surface area contributed by atoms with Gasteiger partial charge in [0.15, 0.2) is 0 Å². The monoisotopic (exact) mass is 576 g/mol. The van der Waals surface area contributed by atoms with Crippen LogP contribution >= 0.6 is 0 Å². The first-order valence-electron chi connectivity index (χ1n) is 15.2. The van der Waals surface area contributed by atoms with Crippen LogP contribution in [0.5, 0.6) is 0 Å². The van der Waals surface area contributed by atoms with Crippen LogP contribution in [-0.2, 0) is 0 Å². The summed E-state index contributed by atoms with van der Waals surface area (Å²) >= 11 is 0. The maximum atomic E-state index is 6.78. The Kier molecular flexibility index (Phi) is 4.89. The lowest BCUT2D eigenvalue weighted by Crippen LogP contribution is -1.92. The maximum absolute atomic E-state index is 6.78. The highest BCUT2D eigenvalue weighted by molar-refractivity contribution is 6.24. The summed E-state index contributed by atoms with van der Waals surface area (Å²) in [4.78, 5) is 10.2. The Morgan fingerprint density at radius 1 is 0.489 bits per heavy atom. The summed E-state index contributed by atoms with van der Waals surface area (Å²) in [6.07, 6.45) is 1.90. The smallest absolute Gasteiger partial charge is 0.147 e. The van der Waals surface area contributed by atoms with Crippen molar-refractivity contribution in [2.24, 2.45) is 0 Å². The van der Waals surface area contributed by atoms with Crippen molar-refractivity contribution in [1.82, 2.24) is 9.97 Å². The maximum Gasteiger partial charge on any atom is 0.147 e. The molecule has 10 aromatic rings. The van der Waals surface area contributed by atoms with Gasteiger partial charge in [-0.15, -0.1) is 0 Å². The van der Waals surface area contributed by atoms with E-state index < -0.39 is 0 Å². The summed E-state index contributed by atoms with van der Waals surface area (Å²) in [5.41, 5.74) is 10.3. The normalized spacial score (nSPS) is 12.1. The molecule has 0 bridgehead atoms. The number of aryl methyl sites for hydroxylation is 1. The minimum Gasteiger partial charge on any atom is -0.456 e. The lowest BCUT2D eigenvalue weighted by molar-refractivity contribution is 0.661. The van der Waals surface area contributed by atoms with E-state index in [1.54, 1.807) is 0 Å². The Morgan fingerprint density at radius 2 is 1.16 bits per heavy atom. The van der Waals surface area contributed by atoms with Gasteiger partial charge in [0.2, 0.25) is 0 Å². The third-order valence-electron chi connectivity index (χ3n) is 9.19. The van der Waals surface area contributed by atoms with Crippen molar-refractivity contribution < 1.29 is 8.83 Å². The third kappa shape index (κ3) is 3.42. The Morgan fingerprint density at radius 3 is 1.98 bits per heavy atom. The third-order valence-corrected chi connectivity index (χ3v) is 9.19. The highest BCUT2D eigenvalue weighted by Gasteiger charge is 2.20. The molecule has 0 spiro atoms. The summed E-state index contributed by atoms with van der Waals surface area (Å²) in [5, 5.41) is 8.89. The van der Waals surface area contributed by atoms with E-state index in [2.05, 4.69) is 110 Å². The van der Waals surface area contributed by atoms with Gasteiger partial charge < -0.3 is 8.83 Å². The molecule has 0 N–H and O–H groups in total. The lowest BCUT2D eigenvalue weighted by Gasteiger charge is -2.11. The first-order chi connectivity index (χ1) is 22.2. The van der Waals surface area contributed by atoms with Crippen LogP contribution < -0.4 is 0 Å². The fraction of sp³-hybridized carbons (Fsp3) is 0.0244. The zero-order chi connectivity index (χ0) is 29.6. The average Bonchev–Trinajstić information content (AvgIpc) is 3.67. The van der Waals surface area contributed by atoms with Gasteiger partial charge in [0, 0.05) is 38.1 Å². The summed E-state index contributed by atoms with van der Waals surface area (Å²) in [7, 11) is 0. The van der Waals surface area contributed by atoms with E-state index in [-0.39, 0.29) is 0 Å². The van der Waals surface area contributed by atoms with Crippen LogP contribution in [0, 0.1) is 6.92 Å². The van der Waals surface area contributed by atoms with Gasteiger partial charge in [-0.05, 0) is 47.0 Å². The van der Waals surface area contributed by atoms with E-state index in [0.717, 1.165) is 93.6 Å².